The zero-order valence-corrected chi connectivity index (χ0v) is 17.0. The molecule has 1 saturated heterocycles. The van der Waals surface area contributed by atoms with Crippen LogP contribution >= 0.6 is 0 Å². The summed E-state index contributed by atoms with van der Waals surface area (Å²) in [5.41, 5.74) is -0.105. The molecule has 162 valence electrons. The van der Waals surface area contributed by atoms with E-state index in [0.29, 0.717) is 38.5 Å². The van der Waals surface area contributed by atoms with E-state index >= 15 is 0 Å². The normalized spacial score (nSPS) is 15.2. The number of carbonyl (C=O) groups is 1. The fourth-order valence-electron chi connectivity index (χ4n) is 2.81. The number of benzene rings is 1. The number of anilines is 1. The molecule has 10 heteroatoms. The predicted molar refractivity (Wildman–Crippen MR) is 106 cm³/mol. The smallest absolute Gasteiger partial charge is 0.378 e. The number of halogens is 3. The van der Waals surface area contributed by atoms with E-state index in [-0.39, 0.29) is 30.5 Å². The highest BCUT2D eigenvalue weighted by Gasteiger charge is 2.34. The fourth-order valence-corrected chi connectivity index (χ4v) is 2.81. The zero-order chi connectivity index (χ0) is 21.4. The van der Waals surface area contributed by atoms with Gasteiger partial charge < -0.3 is 25.2 Å². The molecule has 7 nitrogen and oxygen atoms in total. The number of hydrogen-bond acceptors (Lipinski definition) is 4. The van der Waals surface area contributed by atoms with Crippen LogP contribution in [0.5, 0.6) is 0 Å². The van der Waals surface area contributed by atoms with E-state index < -0.39 is 11.7 Å². The molecule has 1 amide bonds. The summed E-state index contributed by atoms with van der Waals surface area (Å²) < 4.78 is 46.2. The number of rotatable bonds is 6. The molecule has 2 N–H and O–H groups in total. The summed E-state index contributed by atoms with van der Waals surface area (Å²) in [6.45, 7) is 4.30. The molecule has 0 atom stereocenters. The van der Waals surface area contributed by atoms with Gasteiger partial charge in [-0.2, -0.15) is 13.2 Å². The number of likely N-dealkylation sites (N-methyl/N-ethyl adjacent to an activating group) is 1. The molecule has 2 rings (SSSR count). The first-order chi connectivity index (χ1) is 13.7. The topological polar surface area (TPSA) is 69.2 Å². The molecule has 29 heavy (non-hydrogen) atoms. The molecule has 1 aromatic carbocycles. The van der Waals surface area contributed by atoms with Gasteiger partial charge in [0.05, 0.1) is 31.9 Å². The molecule has 1 aromatic rings. The van der Waals surface area contributed by atoms with E-state index in [1.165, 1.54) is 17.0 Å². The molecule has 1 aliphatic rings. The monoisotopic (exact) mass is 415 g/mol. The highest BCUT2D eigenvalue weighted by Crippen LogP contribution is 2.35. The first kappa shape index (κ1) is 22.8. The van der Waals surface area contributed by atoms with Crippen molar-refractivity contribution < 1.29 is 22.7 Å². The summed E-state index contributed by atoms with van der Waals surface area (Å²) in [6, 6.07) is 4.32. The Labute approximate surface area is 168 Å². The number of nitrogens with zero attached hydrogens (tertiary/aromatic N) is 3. The van der Waals surface area contributed by atoms with Crippen molar-refractivity contribution in [1.29, 1.82) is 0 Å². The van der Waals surface area contributed by atoms with Crippen LogP contribution in [0.4, 0.5) is 18.9 Å². The van der Waals surface area contributed by atoms with Gasteiger partial charge in [0.1, 0.15) is 0 Å². The summed E-state index contributed by atoms with van der Waals surface area (Å²) in [6.07, 6.45) is -4.49. The molecular formula is C19H28F3N5O2. The van der Waals surface area contributed by atoms with Crippen LogP contribution in [0.3, 0.4) is 0 Å². The molecule has 0 saturated carbocycles. The maximum absolute atomic E-state index is 13.6. The Kier molecular flexibility index (Phi) is 8.12. The lowest BCUT2D eigenvalue weighted by molar-refractivity contribution is -0.138. The van der Waals surface area contributed by atoms with E-state index in [9.17, 15) is 18.0 Å². The minimum Gasteiger partial charge on any atom is -0.378 e. The second-order valence-corrected chi connectivity index (χ2v) is 6.78. The molecule has 0 unspecified atom stereocenters. The number of amides is 1. The third kappa shape index (κ3) is 6.81. The molecule has 0 aliphatic carbocycles. The average Bonchev–Trinajstić information content (AvgIpc) is 2.69. The molecule has 0 radical (unpaired) electrons. The Balaban J connectivity index is 2.20. The number of morpholine rings is 1. The van der Waals surface area contributed by atoms with E-state index in [2.05, 4.69) is 15.6 Å². The molecule has 1 aliphatic heterocycles. The second-order valence-electron chi connectivity index (χ2n) is 6.78. The largest absolute Gasteiger partial charge is 0.416 e. The van der Waals surface area contributed by atoms with Crippen LogP contribution in [-0.4, -0.2) is 70.3 Å². The van der Waals surface area contributed by atoms with Gasteiger partial charge in [-0.05, 0) is 24.6 Å². The Morgan fingerprint density at radius 3 is 2.52 bits per heavy atom. The second kappa shape index (κ2) is 10.3. The molecule has 1 fully saturated rings. The Morgan fingerprint density at radius 2 is 1.93 bits per heavy atom. The van der Waals surface area contributed by atoms with Crippen LogP contribution in [-0.2, 0) is 22.3 Å². The number of nitrogens with one attached hydrogen (secondary N) is 2. The Morgan fingerprint density at radius 1 is 1.24 bits per heavy atom. The summed E-state index contributed by atoms with van der Waals surface area (Å²) in [5, 5.41) is 5.77. The number of carbonyl (C=O) groups excluding carboxylic acids is 1. The van der Waals surface area contributed by atoms with E-state index in [4.69, 9.17) is 4.74 Å². The highest BCUT2D eigenvalue weighted by molar-refractivity contribution is 5.86. The van der Waals surface area contributed by atoms with Gasteiger partial charge in [0, 0.05) is 39.4 Å². The standard InChI is InChI=1S/C19H28F3N5O2/c1-4-23-18(25-13-17(28)26(2)3)24-12-14-5-6-15(11-16(14)19(20,21)22)27-7-9-29-10-8-27/h5-6,11H,4,7-10,12-13H2,1-3H3,(H2,23,24,25). The third-order valence-electron chi connectivity index (χ3n) is 4.43. The van der Waals surface area contributed by atoms with Gasteiger partial charge in [-0.1, -0.05) is 6.07 Å². The van der Waals surface area contributed by atoms with Crippen molar-refractivity contribution in [2.24, 2.45) is 4.99 Å². The van der Waals surface area contributed by atoms with E-state index in [1.54, 1.807) is 20.2 Å². The van der Waals surface area contributed by atoms with Gasteiger partial charge in [0.25, 0.3) is 0 Å². The summed E-state index contributed by atoms with van der Waals surface area (Å²) in [7, 11) is 3.25. The number of aliphatic imine (C=N–C) groups is 1. The summed E-state index contributed by atoms with van der Waals surface area (Å²) in [4.78, 5) is 19.2. The van der Waals surface area contributed by atoms with Crippen LogP contribution < -0.4 is 15.5 Å². The van der Waals surface area contributed by atoms with Gasteiger partial charge in [-0.3, -0.25) is 4.79 Å². The van der Waals surface area contributed by atoms with Gasteiger partial charge >= 0.3 is 6.18 Å². The fraction of sp³-hybridized carbons (Fsp3) is 0.579. The molecule has 1 heterocycles. The summed E-state index contributed by atoms with van der Waals surface area (Å²) >= 11 is 0. The molecule has 0 aromatic heterocycles. The van der Waals surface area contributed by atoms with Crippen molar-refractivity contribution in [3.8, 4) is 0 Å². The minimum absolute atomic E-state index is 0.000923. The lowest BCUT2D eigenvalue weighted by Crippen LogP contribution is -2.42. The van der Waals surface area contributed by atoms with E-state index in [1.807, 2.05) is 11.8 Å². The Hall–Kier alpha value is -2.49. The number of guanidine groups is 1. The van der Waals surface area contributed by atoms with E-state index in [0.717, 1.165) is 0 Å². The van der Waals surface area contributed by atoms with Gasteiger partial charge in [0.2, 0.25) is 5.91 Å². The summed E-state index contributed by atoms with van der Waals surface area (Å²) in [5.74, 6) is 0.120. The van der Waals surface area contributed by atoms with Crippen molar-refractivity contribution in [1.82, 2.24) is 15.5 Å². The molecule has 0 spiro atoms. The lowest BCUT2D eigenvalue weighted by atomic mass is 10.1. The van der Waals surface area contributed by atoms with Crippen LogP contribution in [0.25, 0.3) is 0 Å². The van der Waals surface area contributed by atoms with Crippen molar-refractivity contribution >= 4 is 17.6 Å². The quantitative estimate of drug-likeness (QED) is 0.547. The number of alkyl halides is 3. The van der Waals surface area contributed by atoms with Crippen LogP contribution in [0.2, 0.25) is 0 Å². The Bertz CT molecular complexity index is 716. The first-order valence-corrected chi connectivity index (χ1v) is 9.47. The zero-order valence-electron chi connectivity index (χ0n) is 17.0. The van der Waals surface area contributed by atoms with Crippen molar-refractivity contribution in [2.75, 3.05) is 58.4 Å². The first-order valence-electron chi connectivity index (χ1n) is 9.47. The molecule has 0 bridgehead atoms. The van der Waals surface area contributed by atoms with Crippen molar-refractivity contribution in [2.45, 2.75) is 19.6 Å². The average molecular weight is 415 g/mol. The van der Waals surface area contributed by atoms with Crippen molar-refractivity contribution in [3.63, 3.8) is 0 Å². The van der Waals surface area contributed by atoms with Crippen LogP contribution in [0.1, 0.15) is 18.1 Å². The minimum atomic E-state index is -4.49. The predicted octanol–water partition coefficient (Wildman–Crippen LogP) is 1.69. The molecular weight excluding hydrogens is 387 g/mol. The van der Waals surface area contributed by atoms with Crippen LogP contribution in [0, 0.1) is 0 Å². The third-order valence-corrected chi connectivity index (χ3v) is 4.43. The SMILES string of the molecule is CCNC(=NCc1ccc(N2CCOCC2)cc1C(F)(F)F)NCC(=O)N(C)C. The van der Waals surface area contributed by atoms with Gasteiger partial charge in [-0.15, -0.1) is 0 Å². The highest BCUT2D eigenvalue weighted by atomic mass is 19.4. The van der Waals surface area contributed by atoms with Gasteiger partial charge in [0.15, 0.2) is 5.96 Å². The number of ether oxygens (including phenoxy) is 1. The number of hydrogen-bond donors (Lipinski definition) is 2. The lowest BCUT2D eigenvalue weighted by Gasteiger charge is -2.29. The van der Waals surface area contributed by atoms with Crippen molar-refractivity contribution in [3.05, 3.63) is 29.3 Å². The van der Waals surface area contributed by atoms with Gasteiger partial charge in [-0.25, -0.2) is 4.99 Å². The maximum Gasteiger partial charge on any atom is 0.416 e. The van der Waals surface area contributed by atoms with Crippen LogP contribution in [0.15, 0.2) is 23.2 Å². The maximum atomic E-state index is 13.6.